The molecule has 0 spiro atoms. The van der Waals surface area contributed by atoms with E-state index in [2.05, 4.69) is 57.9 Å². The van der Waals surface area contributed by atoms with Gasteiger partial charge in [0.1, 0.15) is 0 Å². The normalized spacial score (nSPS) is 17.5. The third-order valence-corrected chi connectivity index (χ3v) is 4.45. The van der Waals surface area contributed by atoms with Crippen LogP contribution in [-0.4, -0.2) is 24.0 Å². The molecule has 0 saturated carbocycles. The summed E-state index contributed by atoms with van der Waals surface area (Å²) in [5, 5.41) is 6.92. The quantitative estimate of drug-likeness (QED) is 0.677. The first-order chi connectivity index (χ1) is 11.3. The molecule has 1 aromatic carbocycles. The molecule has 1 unspecified atom stereocenters. The van der Waals surface area contributed by atoms with Crippen molar-refractivity contribution in [1.82, 2.24) is 15.6 Å². The van der Waals surface area contributed by atoms with E-state index in [0.717, 1.165) is 30.9 Å². The maximum absolute atomic E-state index is 4.42. The summed E-state index contributed by atoms with van der Waals surface area (Å²) < 4.78 is 0. The van der Waals surface area contributed by atoms with Crippen molar-refractivity contribution in [3.8, 4) is 0 Å². The maximum atomic E-state index is 4.42. The van der Waals surface area contributed by atoms with E-state index in [1.807, 2.05) is 19.3 Å². The summed E-state index contributed by atoms with van der Waals surface area (Å²) in [5.41, 5.74) is 5.19. The van der Waals surface area contributed by atoms with E-state index in [1.54, 1.807) is 0 Å². The minimum atomic E-state index is 0.431. The van der Waals surface area contributed by atoms with Gasteiger partial charge in [-0.25, -0.2) is 0 Å². The Labute approximate surface area is 138 Å². The number of fused-ring (bicyclic) bond motifs is 1. The summed E-state index contributed by atoms with van der Waals surface area (Å²) >= 11 is 0. The molecule has 1 atom stereocenters. The molecule has 1 aromatic heterocycles. The second kappa shape index (κ2) is 7.27. The lowest BCUT2D eigenvalue weighted by Gasteiger charge is -2.27. The summed E-state index contributed by atoms with van der Waals surface area (Å²) in [6.07, 6.45) is 5.16. The Balaban J connectivity index is 1.57. The number of nitrogens with zero attached hydrogens (tertiary/aromatic N) is 2. The fourth-order valence-corrected chi connectivity index (χ4v) is 3.08. The van der Waals surface area contributed by atoms with Crippen LogP contribution in [0.1, 0.15) is 28.8 Å². The first-order valence-corrected chi connectivity index (χ1v) is 8.20. The monoisotopic (exact) mass is 308 g/mol. The zero-order chi connectivity index (χ0) is 16.1. The van der Waals surface area contributed by atoms with E-state index in [-0.39, 0.29) is 0 Å². The van der Waals surface area contributed by atoms with Crippen LogP contribution in [0.2, 0.25) is 0 Å². The van der Waals surface area contributed by atoms with Crippen molar-refractivity contribution in [2.75, 3.05) is 7.05 Å². The average molecular weight is 308 g/mol. The van der Waals surface area contributed by atoms with Crippen LogP contribution >= 0.6 is 0 Å². The number of aromatic nitrogens is 1. The van der Waals surface area contributed by atoms with E-state index in [1.165, 1.54) is 16.7 Å². The molecule has 0 amide bonds. The number of pyridine rings is 1. The molecule has 0 fully saturated rings. The highest BCUT2D eigenvalue weighted by atomic mass is 15.2. The number of hydrogen-bond donors (Lipinski definition) is 2. The van der Waals surface area contributed by atoms with Crippen LogP contribution in [0.5, 0.6) is 0 Å². The van der Waals surface area contributed by atoms with Gasteiger partial charge in [-0.15, -0.1) is 0 Å². The highest BCUT2D eigenvalue weighted by Gasteiger charge is 2.18. The zero-order valence-electron chi connectivity index (χ0n) is 13.8. The number of aryl methyl sites for hydroxylation is 2. The third-order valence-electron chi connectivity index (χ3n) is 4.45. The van der Waals surface area contributed by atoms with Gasteiger partial charge < -0.3 is 10.6 Å². The first-order valence-electron chi connectivity index (χ1n) is 8.20. The van der Waals surface area contributed by atoms with Crippen molar-refractivity contribution in [2.24, 2.45) is 4.99 Å². The lowest BCUT2D eigenvalue weighted by Crippen LogP contribution is -2.45. The molecule has 1 heterocycles. The molecule has 0 bridgehead atoms. The smallest absolute Gasteiger partial charge is 0.191 e. The summed E-state index contributed by atoms with van der Waals surface area (Å²) in [7, 11) is 1.82. The Hall–Kier alpha value is -2.36. The fraction of sp³-hybridized carbons (Fsp3) is 0.368. The number of guanidine groups is 1. The molecule has 0 radical (unpaired) electrons. The molecule has 23 heavy (non-hydrogen) atoms. The largest absolute Gasteiger partial charge is 0.353 e. The summed E-state index contributed by atoms with van der Waals surface area (Å²) in [6, 6.07) is 13.2. The second-order valence-corrected chi connectivity index (χ2v) is 6.05. The van der Waals surface area contributed by atoms with Gasteiger partial charge >= 0.3 is 0 Å². The molecule has 120 valence electrons. The van der Waals surface area contributed by atoms with Gasteiger partial charge in [-0.2, -0.15) is 0 Å². The lowest BCUT2D eigenvalue weighted by atomic mass is 9.88. The number of rotatable bonds is 3. The van der Waals surface area contributed by atoms with Gasteiger partial charge in [0.05, 0.1) is 12.2 Å². The Morgan fingerprint density at radius 1 is 1.22 bits per heavy atom. The van der Waals surface area contributed by atoms with E-state index < -0.39 is 0 Å². The molecule has 2 N–H and O–H groups in total. The van der Waals surface area contributed by atoms with Crippen molar-refractivity contribution < 1.29 is 0 Å². The molecule has 0 aliphatic heterocycles. The summed E-state index contributed by atoms with van der Waals surface area (Å²) in [4.78, 5) is 8.77. The minimum Gasteiger partial charge on any atom is -0.353 e. The van der Waals surface area contributed by atoms with Crippen molar-refractivity contribution in [1.29, 1.82) is 0 Å². The van der Waals surface area contributed by atoms with Gasteiger partial charge in [0.15, 0.2) is 5.96 Å². The Morgan fingerprint density at radius 2 is 2.04 bits per heavy atom. The first kappa shape index (κ1) is 15.5. The molecular weight excluding hydrogens is 284 g/mol. The second-order valence-electron chi connectivity index (χ2n) is 6.05. The Morgan fingerprint density at radius 3 is 2.83 bits per heavy atom. The zero-order valence-corrected chi connectivity index (χ0v) is 13.8. The van der Waals surface area contributed by atoms with Crippen molar-refractivity contribution >= 4 is 5.96 Å². The van der Waals surface area contributed by atoms with Crippen LogP contribution in [0.3, 0.4) is 0 Å². The van der Waals surface area contributed by atoms with Crippen molar-refractivity contribution in [3.63, 3.8) is 0 Å². The lowest BCUT2D eigenvalue weighted by molar-refractivity contribution is 0.520. The van der Waals surface area contributed by atoms with Gasteiger partial charge in [-0.3, -0.25) is 9.98 Å². The molecular formula is C19H24N4. The van der Waals surface area contributed by atoms with Crippen LogP contribution in [0.4, 0.5) is 0 Å². The average Bonchev–Trinajstić information content (AvgIpc) is 2.59. The number of hydrogen-bond acceptors (Lipinski definition) is 2. The van der Waals surface area contributed by atoms with Crippen molar-refractivity contribution in [3.05, 3.63) is 65.0 Å². The van der Waals surface area contributed by atoms with E-state index >= 15 is 0 Å². The maximum Gasteiger partial charge on any atom is 0.191 e. The van der Waals surface area contributed by atoms with Gasteiger partial charge in [0, 0.05) is 19.3 Å². The van der Waals surface area contributed by atoms with Crippen LogP contribution < -0.4 is 10.6 Å². The predicted molar refractivity (Wildman–Crippen MR) is 94.6 cm³/mol. The van der Waals surface area contributed by atoms with E-state index in [9.17, 15) is 0 Å². The van der Waals surface area contributed by atoms with Crippen LogP contribution in [0.15, 0.2) is 47.6 Å². The third kappa shape index (κ3) is 3.89. The van der Waals surface area contributed by atoms with E-state index in [0.29, 0.717) is 12.6 Å². The standard InChI is InChI=1S/C19H24N4/c1-14-6-5-11-21-18(14)13-22-19(20-2)23-17-10-9-15-7-3-4-8-16(15)12-17/h3-8,11,17H,9-10,12-13H2,1-2H3,(H2,20,22,23). The van der Waals surface area contributed by atoms with Gasteiger partial charge in [0.25, 0.3) is 0 Å². The SMILES string of the molecule is CN=C(NCc1ncccc1C)NC1CCc2ccccc2C1. The van der Waals surface area contributed by atoms with Crippen LogP contribution in [0.25, 0.3) is 0 Å². The number of benzene rings is 1. The molecule has 4 nitrogen and oxygen atoms in total. The molecule has 3 rings (SSSR count). The molecule has 1 aliphatic rings. The molecule has 2 aromatic rings. The van der Waals surface area contributed by atoms with Gasteiger partial charge in [0.2, 0.25) is 0 Å². The van der Waals surface area contributed by atoms with Gasteiger partial charge in [-0.05, 0) is 48.9 Å². The highest BCUT2D eigenvalue weighted by molar-refractivity contribution is 5.80. The number of aliphatic imine (C=N–C) groups is 1. The highest BCUT2D eigenvalue weighted by Crippen LogP contribution is 2.20. The van der Waals surface area contributed by atoms with Gasteiger partial charge in [-0.1, -0.05) is 30.3 Å². The topological polar surface area (TPSA) is 49.3 Å². The Bertz CT molecular complexity index is 693. The minimum absolute atomic E-state index is 0.431. The Kier molecular flexibility index (Phi) is 4.91. The molecule has 0 saturated heterocycles. The van der Waals surface area contributed by atoms with E-state index in [4.69, 9.17) is 0 Å². The van der Waals surface area contributed by atoms with Crippen molar-refractivity contribution in [2.45, 2.75) is 38.8 Å². The molecule has 4 heteroatoms. The summed E-state index contributed by atoms with van der Waals surface area (Å²) in [5.74, 6) is 0.847. The van der Waals surface area contributed by atoms with Crippen LogP contribution in [0, 0.1) is 6.92 Å². The predicted octanol–water partition coefficient (Wildman–Crippen LogP) is 2.61. The fourth-order valence-electron chi connectivity index (χ4n) is 3.08. The van der Waals surface area contributed by atoms with Crippen LogP contribution in [-0.2, 0) is 19.4 Å². The number of nitrogens with one attached hydrogen (secondary N) is 2. The summed E-state index contributed by atoms with van der Waals surface area (Å²) in [6.45, 7) is 2.77. The molecule has 1 aliphatic carbocycles.